The zero-order valence-corrected chi connectivity index (χ0v) is 12.3. The molecule has 0 rings (SSSR count). The average molecular weight is 217 g/mol. The molecule has 10 heavy (non-hydrogen) atoms. The highest BCUT2D eigenvalue weighted by Crippen LogP contribution is 2.38. The van der Waals surface area contributed by atoms with Crippen LogP contribution in [0.4, 0.5) is 0 Å². The van der Waals surface area contributed by atoms with E-state index in [1.165, 1.54) is 0 Å². The molecule has 0 nitrogen and oxygen atoms in total. The van der Waals surface area contributed by atoms with Crippen molar-refractivity contribution in [3.8, 4) is 0 Å². The summed E-state index contributed by atoms with van der Waals surface area (Å²) in [6, 6.07) is 0. The molecule has 0 radical (unpaired) electrons. The summed E-state index contributed by atoms with van der Waals surface area (Å²) in [6.45, 7) is 11.0. The van der Waals surface area contributed by atoms with Crippen molar-refractivity contribution in [2.24, 2.45) is 0 Å². The van der Waals surface area contributed by atoms with E-state index in [4.69, 9.17) is 22.2 Å². The minimum Gasteiger partial charge on any atom is -0.181 e. The molecule has 0 N–H and O–H groups in total. The molecule has 0 unspecified atom stereocenters. The van der Waals surface area contributed by atoms with Gasteiger partial charge >= 0.3 is 0 Å². The monoisotopic (exact) mass is 216 g/mol. The second-order valence-electron chi connectivity index (χ2n) is 3.72. The molecular weight excluding hydrogens is 199 g/mol. The Balaban J connectivity index is 0. The van der Waals surface area contributed by atoms with E-state index in [1.807, 2.05) is 0 Å². The number of hydrogen-bond donors (Lipinski definition) is 0. The third-order valence-corrected chi connectivity index (χ3v) is 7.05. The van der Waals surface area contributed by atoms with Crippen molar-refractivity contribution >= 4 is 39.1 Å². The first-order valence-electron chi connectivity index (χ1n) is 3.32. The van der Waals surface area contributed by atoms with Gasteiger partial charge in [-0.05, 0) is 5.04 Å². The van der Waals surface area contributed by atoms with Crippen LogP contribution in [0.3, 0.4) is 0 Å². The van der Waals surface area contributed by atoms with Crippen molar-refractivity contribution in [1.29, 1.82) is 0 Å². The predicted octanol–water partition coefficient (Wildman–Crippen LogP) is 2.74. The van der Waals surface area contributed by atoms with E-state index in [-0.39, 0.29) is 0 Å². The zero-order valence-electron chi connectivity index (χ0n) is 7.76. The van der Waals surface area contributed by atoms with Gasteiger partial charge in [-0.3, -0.25) is 0 Å². The Bertz CT molecular complexity index is 68.7. The van der Waals surface area contributed by atoms with Crippen molar-refractivity contribution in [2.45, 2.75) is 38.9 Å². The Hall–Kier alpha value is 1.01. The van der Waals surface area contributed by atoms with Gasteiger partial charge in [-0.15, -0.1) is 0 Å². The van der Waals surface area contributed by atoms with Crippen molar-refractivity contribution < 1.29 is 0 Å². The molecule has 0 fully saturated rings. The normalized spacial score (nSPS) is 12.3. The molecule has 0 aromatic rings. The molecule has 0 aliphatic heterocycles. The molecular formula is C6H18Cl2Si2. The van der Waals surface area contributed by atoms with Crippen LogP contribution in [0, 0.1) is 0 Å². The summed E-state index contributed by atoms with van der Waals surface area (Å²) >= 11 is 10.9. The lowest BCUT2D eigenvalue weighted by Gasteiger charge is -2.29. The van der Waals surface area contributed by atoms with E-state index in [1.54, 1.807) is 0 Å². The predicted molar refractivity (Wildman–Crippen MR) is 58.8 cm³/mol. The molecule has 0 aromatic heterocycles. The number of hydrogen-bond acceptors (Lipinski definition) is 0. The highest BCUT2D eigenvalue weighted by molar-refractivity contribution is 7.20. The lowest BCUT2D eigenvalue weighted by atomic mass is 10.2. The minimum atomic E-state index is -1.39. The summed E-state index contributed by atoms with van der Waals surface area (Å²) in [7, 11) is -0.609. The third kappa shape index (κ3) is 5.77. The molecule has 0 saturated heterocycles. The van der Waals surface area contributed by atoms with Crippen LogP contribution < -0.4 is 0 Å². The first-order chi connectivity index (χ1) is 4.25. The van der Waals surface area contributed by atoms with Gasteiger partial charge in [-0.1, -0.05) is 33.9 Å². The molecule has 0 aliphatic carbocycles. The summed E-state index contributed by atoms with van der Waals surface area (Å²) < 4.78 is 0. The maximum atomic E-state index is 6.15. The Kier molecular flexibility index (Phi) is 6.53. The molecule has 64 valence electrons. The zero-order chi connectivity index (χ0) is 9.00. The van der Waals surface area contributed by atoms with E-state index in [9.17, 15) is 0 Å². The number of rotatable bonds is 0. The standard InChI is InChI=1S/C6H15ClSi.ClH3Si/c1-6(2,3)8(4,5)7;1-2/h1-5H3;2H3. The SMILES string of the molecule is CC(C)(C)[Si](C)(C)Cl.[SiH3]Cl. The fourth-order valence-corrected chi connectivity index (χ4v) is 0. The summed E-state index contributed by atoms with van der Waals surface area (Å²) in [6.07, 6.45) is 0. The maximum Gasteiger partial charge on any atom is 0.155 e. The molecule has 0 saturated carbocycles. The fraction of sp³-hybridized carbons (Fsp3) is 1.00. The van der Waals surface area contributed by atoms with Crippen LogP contribution in [-0.2, 0) is 0 Å². The van der Waals surface area contributed by atoms with Crippen molar-refractivity contribution in [2.75, 3.05) is 0 Å². The molecule has 0 amide bonds. The van der Waals surface area contributed by atoms with Gasteiger partial charge in [0.15, 0.2) is 7.38 Å². The summed E-state index contributed by atoms with van der Waals surface area (Å²) in [5.74, 6) is 0. The van der Waals surface area contributed by atoms with Gasteiger partial charge in [0, 0.05) is 0 Å². The highest BCUT2D eigenvalue weighted by Gasteiger charge is 2.32. The first-order valence-corrected chi connectivity index (χ1v) is 10.4. The van der Waals surface area contributed by atoms with Crippen LogP contribution in [0.2, 0.25) is 18.1 Å². The second-order valence-corrected chi connectivity index (χ2v) is 11.0. The quantitative estimate of drug-likeness (QED) is 0.432. The van der Waals surface area contributed by atoms with E-state index >= 15 is 0 Å². The fourth-order valence-electron chi connectivity index (χ4n) is 0. The van der Waals surface area contributed by atoms with Gasteiger partial charge in [-0.2, -0.15) is 22.2 Å². The van der Waals surface area contributed by atoms with Crippen LogP contribution in [0.25, 0.3) is 0 Å². The smallest absolute Gasteiger partial charge is 0.155 e. The first kappa shape index (κ1) is 13.6. The van der Waals surface area contributed by atoms with Crippen molar-refractivity contribution in [3.63, 3.8) is 0 Å². The molecule has 0 atom stereocenters. The van der Waals surface area contributed by atoms with Crippen LogP contribution in [0.15, 0.2) is 0 Å². The van der Waals surface area contributed by atoms with Gasteiger partial charge in [-0.25, -0.2) is 0 Å². The van der Waals surface area contributed by atoms with Crippen molar-refractivity contribution in [1.82, 2.24) is 0 Å². The van der Waals surface area contributed by atoms with Crippen LogP contribution >= 0.6 is 22.2 Å². The molecule has 0 heterocycles. The molecule has 0 aromatic carbocycles. The average Bonchev–Trinajstić information content (AvgIpc) is 1.66. The van der Waals surface area contributed by atoms with Gasteiger partial charge in [0.2, 0.25) is 0 Å². The topological polar surface area (TPSA) is 0 Å². The minimum absolute atomic E-state index is 0.342. The third-order valence-electron chi connectivity index (χ3n) is 1.78. The van der Waals surface area contributed by atoms with Gasteiger partial charge in [0.05, 0.1) is 0 Å². The lowest BCUT2D eigenvalue weighted by Crippen LogP contribution is -2.29. The molecule has 0 bridgehead atoms. The molecule has 0 spiro atoms. The molecule has 4 heteroatoms. The Morgan fingerprint density at radius 2 is 1.20 bits per heavy atom. The molecule has 0 aliphatic rings. The summed E-state index contributed by atoms with van der Waals surface area (Å²) in [5, 5.41) is 0.342. The van der Waals surface area contributed by atoms with Crippen molar-refractivity contribution in [3.05, 3.63) is 0 Å². The van der Waals surface area contributed by atoms with Crippen LogP contribution in [0.5, 0.6) is 0 Å². The summed E-state index contributed by atoms with van der Waals surface area (Å²) in [5.41, 5.74) is 0. The second kappa shape index (κ2) is 4.80. The Labute approximate surface area is 78.1 Å². The van der Waals surface area contributed by atoms with E-state index in [0.29, 0.717) is 5.04 Å². The van der Waals surface area contributed by atoms with E-state index < -0.39 is 7.38 Å². The van der Waals surface area contributed by atoms with Crippen LogP contribution in [0.1, 0.15) is 20.8 Å². The van der Waals surface area contributed by atoms with Gasteiger partial charge in [0.25, 0.3) is 0 Å². The maximum absolute atomic E-state index is 6.15. The Morgan fingerprint density at radius 1 is 1.10 bits per heavy atom. The highest BCUT2D eigenvalue weighted by atomic mass is 35.6. The largest absolute Gasteiger partial charge is 0.181 e. The van der Waals surface area contributed by atoms with Crippen LogP contribution in [-0.4, -0.2) is 16.9 Å². The Morgan fingerprint density at radius 3 is 1.20 bits per heavy atom. The van der Waals surface area contributed by atoms with Gasteiger partial charge < -0.3 is 0 Å². The lowest BCUT2D eigenvalue weighted by molar-refractivity contribution is 0.735. The van der Waals surface area contributed by atoms with E-state index in [2.05, 4.69) is 33.9 Å². The summed E-state index contributed by atoms with van der Waals surface area (Å²) in [4.78, 5) is 0. The van der Waals surface area contributed by atoms with E-state index in [0.717, 1.165) is 9.55 Å². The number of halogens is 2. The van der Waals surface area contributed by atoms with Gasteiger partial charge in [0.1, 0.15) is 9.55 Å².